The van der Waals surface area contributed by atoms with Crippen LogP contribution in [0.1, 0.15) is 45.6 Å². The van der Waals surface area contributed by atoms with Gasteiger partial charge >= 0.3 is 0 Å². The Morgan fingerprint density at radius 2 is 2.11 bits per heavy atom. The number of aromatic nitrogens is 1. The lowest BCUT2D eigenvalue weighted by molar-refractivity contribution is 0.155. The zero-order valence-corrected chi connectivity index (χ0v) is 13.8. The summed E-state index contributed by atoms with van der Waals surface area (Å²) in [6.07, 6.45) is 6.04. The molecule has 0 aliphatic heterocycles. The summed E-state index contributed by atoms with van der Waals surface area (Å²) in [7, 11) is 0. The van der Waals surface area contributed by atoms with Gasteiger partial charge in [-0.05, 0) is 70.5 Å². The minimum Gasteiger partial charge on any atom is -0.365 e. The molecule has 3 unspecified atom stereocenters. The highest BCUT2D eigenvalue weighted by Gasteiger charge is 2.59. The molecule has 0 saturated heterocycles. The second-order valence-corrected chi connectivity index (χ2v) is 8.19. The Hall–Kier alpha value is -0.570. The summed E-state index contributed by atoms with van der Waals surface area (Å²) in [4.78, 5) is 4.56. The lowest BCUT2D eigenvalue weighted by Crippen LogP contribution is -2.46. The lowest BCUT2D eigenvalue weighted by atomic mass is 9.68. The van der Waals surface area contributed by atoms with Crippen molar-refractivity contribution in [1.82, 2.24) is 4.98 Å². The van der Waals surface area contributed by atoms with Gasteiger partial charge < -0.3 is 5.32 Å². The van der Waals surface area contributed by atoms with Crippen molar-refractivity contribution in [2.75, 3.05) is 5.32 Å². The molecular weight excluding hydrogens is 300 g/mol. The minimum atomic E-state index is 0.360. The van der Waals surface area contributed by atoms with Gasteiger partial charge in [-0.3, -0.25) is 0 Å². The molecule has 0 aromatic carbocycles. The van der Waals surface area contributed by atoms with Crippen molar-refractivity contribution in [1.29, 1.82) is 0 Å². The molecule has 1 aromatic rings. The fraction of sp³-hybridized carbons (Fsp3) is 0.688. The van der Waals surface area contributed by atoms with Crippen molar-refractivity contribution in [2.24, 2.45) is 16.7 Å². The van der Waals surface area contributed by atoms with E-state index >= 15 is 0 Å². The molecule has 1 heterocycles. The van der Waals surface area contributed by atoms with E-state index in [9.17, 15) is 0 Å². The number of pyridine rings is 1. The predicted octanol–water partition coefficient (Wildman–Crippen LogP) is 4.78. The molecule has 1 N–H and O–H groups in total. The van der Waals surface area contributed by atoms with Crippen LogP contribution in [0.4, 0.5) is 5.82 Å². The first-order valence-corrected chi connectivity index (χ1v) is 8.01. The normalized spacial score (nSPS) is 35.6. The van der Waals surface area contributed by atoms with Crippen LogP contribution >= 0.6 is 15.9 Å². The zero-order valence-electron chi connectivity index (χ0n) is 12.3. The Kier molecular flexibility index (Phi) is 2.97. The average molecular weight is 323 g/mol. The first-order chi connectivity index (χ1) is 8.83. The van der Waals surface area contributed by atoms with Gasteiger partial charge in [0.15, 0.2) is 0 Å². The molecular formula is C16H23BrN2. The maximum absolute atomic E-state index is 4.56. The van der Waals surface area contributed by atoms with Crippen LogP contribution < -0.4 is 5.32 Å². The largest absolute Gasteiger partial charge is 0.365 e. The summed E-state index contributed by atoms with van der Waals surface area (Å²) in [6.45, 7) is 9.36. The van der Waals surface area contributed by atoms with Gasteiger partial charge in [-0.25, -0.2) is 4.98 Å². The molecule has 3 heteroatoms. The van der Waals surface area contributed by atoms with E-state index in [0.29, 0.717) is 16.9 Å². The summed E-state index contributed by atoms with van der Waals surface area (Å²) in [6, 6.07) is 2.66. The zero-order chi connectivity index (χ0) is 13.8. The van der Waals surface area contributed by atoms with Crippen LogP contribution in [0.3, 0.4) is 0 Å². The highest BCUT2D eigenvalue weighted by atomic mass is 79.9. The van der Waals surface area contributed by atoms with Gasteiger partial charge in [0.1, 0.15) is 5.82 Å². The molecule has 1 aromatic heterocycles. The van der Waals surface area contributed by atoms with Crippen LogP contribution in [0.25, 0.3) is 0 Å². The van der Waals surface area contributed by atoms with Gasteiger partial charge in [0.05, 0.1) is 4.47 Å². The smallest absolute Gasteiger partial charge is 0.140 e. The number of aryl methyl sites for hydroxylation is 1. The summed E-state index contributed by atoms with van der Waals surface area (Å²) in [5, 5.41) is 3.74. The van der Waals surface area contributed by atoms with Crippen LogP contribution in [-0.4, -0.2) is 11.0 Å². The Balaban J connectivity index is 1.90. The fourth-order valence-corrected chi connectivity index (χ4v) is 5.02. The minimum absolute atomic E-state index is 0.360. The van der Waals surface area contributed by atoms with Crippen molar-refractivity contribution in [3.05, 3.63) is 22.3 Å². The SMILES string of the molecule is Cc1cnc(NC2C3(C)CCC(C3)C2(C)C)c(Br)c1. The lowest BCUT2D eigenvalue weighted by Gasteiger charge is -2.43. The number of fused-ring (bicyclic) bond motifs is 2. The topological polar surface area (TPSA) is 24.9 Å². The first kappa shape index (κ1) is 13.4. The van der Waals surface area contributed by atoms with E-state index in [-0.39, 0.29) is 0 Å². The number of nitrogens with one attached hydrogen (secondary N) is 1. The molecule has 2 aliphatic carbocycles. The molecule has 0 amide bonds. The van der Waals surface area contributed by atoms with Gasteiger partial charge in [0.2, 0.25) is 0 Å². The quantitative estimate of drug-likeness (QED) is 0.847. The number of anilines is 1. The summed E-state index contributed by atoms with van der Waals surface area (Å²) < 4.78 is 1.08. The van der Waals surface area contributed by atoms with E-state index in [0.717, 1.165) is 16.2 Å². The molecule has 19 heavy (non-hydrogen) atoms. The number of halogens is 1. The van der Waals surface area contributed by atoms with Crippen LogP contribution in [0.2, 0.25) is 0 Å². The monoisotopic (exact) mass is 322 g/mol. The van der Waals surface area contributed by atoms with Crippen molar-refractivity contribution >= 4 is 21.7 Å². The van der Waals surface area contributed by atoms with E-state index in [2.05, 4.69) is 60.0 Å². The predicted molar refractivity (Wildman–Crippen MR) is 83.3 cm³/mol. The molecule has 3 rings (SSSR count). The average Bonchev–Trinajstić information content (AvgIpc) is 2.78. The molecule has 2 saturated carbocycles. The van der Waals surface area contributed by atoms with Crippen LogP contribution in [-0.2, 0) is 0 Å². The van der Waals surface area contributed by atoms with Gasteiger partial charge in [0.25, 0.3) is 0 Å². The van der Waals surface area contributed by atoms with Crippen molar-refractivity contribution < 1.29 is 0 Å². The highest BCUT2D eigenvalue weighted by Crippen LogP contribution is 2.63. The van der Waals surface area contributed by atoms with Crippen molar-refractivity contribution in [3.63, 3.8) is 0 Å². The molecule has 2 nitrogen and oxygen atoms in total. The maximum atomic E-state index is 4.56. The third kappa shape index (κ3) is 2.01. The molecule has 0 radical (unpaired) electrons. The second-order valence-electron chi connectivity index (χ2n) is 7.34. The molecule has 2 fully saturated rings. The number of hydrogen-bond donors (Lipinski definition) is 1. The van der Waals surface area contributed by atoms with E-state index in [1.165, 1.54) is 24.8 Å². The maximum Gasteiger partial charge on any atom is 0.140 e. The van der Waals surface area contributed by atoms with E-state index in [1.807, 2.05) is 6.20 Å². The summed E-state index contributed by atoms with van der Waals surface area (Å²) in [5.41, 5.74) is 1.98. The molecule has 2 bridgehead atoms. The third-order valence-electron chi connectivity index (χ3n) is 5.53. The van der Waals surface area contributed by atoms with E-state index in [1.54, 1.807) is 0 Å². The summed E-state index contributed by atoms with van der Waals surface area (Å²) in [5.74, 6) is 1.86. The van der Waals surface area contributed by atoms with Crippen LogP contribution in [0.15, 0.2) is 16.7 Å². The van der Waals surface area contributed by atoms with Crippen LogP contribution in [0.5, 0.6) is 0 Å². The van der Waals surface area contributed by atoms with E-state index in [4.69, 9.17) is 0 Å². The van der Waals surface area contributed by atoms with Gasteiger partial charge in [-0.2, -0.15) is 0 Å². The molecule has 3 atom stereocenters. The first-order valence-electron chi connectivity index (χ1n) is 7.22. The molecule has 2 aliphatic rings. The third-order valence-corrected chi connectivity index (χ3v) is 6.13. The summed E-state index contributed by atoms with van der Waals surface area (Å²) >= 11 is 3.64. The Labute approximate surface area is 124 Å². The van der Waals surface area contributed by atoms with Crippen molar-refractivity contribution in [3.8, 4) is 0 Å². The Bertz CT molecular complexity index is 507. The Morgan fingerprint density at radius 3 is 2.68 bits per heavy atom. The second kappa shape index (κ2) is 4.21. The van der Waals surface area contributed by atoms with Gasteiger partial charge in [0, 0.05) is 12.2 Å². The highest BCUT2D eigenvalue weighted by molar-refractivity contribution is 9.10. The molecule has 0 spiro atoms. The van der Waals surface area contributed by atoms with Crippen molar-refractivity contribution in [2.45, 2.75) is 53.0 Å². The fourth-order valence-electron chi connectivity index (χ4n) is 4.44. The van der Waals surface area contributed by atoms with Gasteiger partial charge in [-0.15, -0.1) is 0 Å². The van der Waals surface area contributed by atoms with E-state index < -0.39 is 0 Å². The standard InChI is InChI=1S/C16H23BrN2/c1-10-7-12(17)13(18-9-10)19-14-15(2,3)11-5-6-16(14,4)8-11/h7,9,11,14H,5-6,8H2,1-4H3,(H,18,19). The molecule has 104 valence electrons. The number of nitrogens with zero attached hydrogens (tertiary/aromatic N) is 1. The van der Waals surface area contributed by atoms with Crippen LogP contribution in [0, 0.1) is 23.7 Å². The number of rotatable bonds is 2. The Morgan fingerprint density at radius 1 is 1.37 bits per heavy atom. The number of hydrogen-bond acceptors (Lipinski definition) is 2. The van der Waals surface area contributed by atoms with Gasteiger partial charge in [-0.1, -0.05) is 20.8 Å².